The predicted molar refractivity (Wildman–Crippen MR) is 402 cm³/mol. The van der Waals surface area contributed by atoms with Crippen molar-refractivity contribution >= 4 is 83.7 Å². The lowest BCUT2D eigenvalue weighted by molar-refractivity contribution is -0.131. The molecule has 0 bridgehead atoms. The molecule has 30 nitrogen and oxygen atoms in total. The number of nitrogens with zero attached hydrogens (tertiary/aromatic N) is 11. The van der Waals surface area contributed by atoms with Gasteiger partial charge in [-0.15, -0.1) is 0 Å². The Morgan fingerprint density at radius 1 is 0.490 bits per heavy atom. The first-order chi connectivity index (χ1) is 48.7. The van der Waals surface area contributed by atoms with Gasteiger partial charge in [-0.1, -0.05) is 39.8 Å². The summed E-state index contributed by atoms with van der Waals surface area (Å²) in [7, 11) is 26.1. The number of hydrogen-bond acceptors (Lipinski definition) is 20. The Hall–Kier alpha value is -8.41. The zero-order valence-electron chi connectivity index (χ0n) is 64.0. The number of aryl methyl sites for hydroxylation is 1. The lowest BCUT2D eigenvalue weighted by Crippen LogP contribution is -2.52. The van der Waals surface area contributed by atoms with E-state index in [2.05, 4.69) is 78.8 Å². The molecule has 4 heterocycles. The van der Waals surface area contributed by atoms with Crippen molar-refractivity contribution in [2.45, 2.75) is 120 Å². The molecule has 0 radical (unpaired) electrons. The molecule has 0 aliphatic heterocycles. The van der Waals surface area contributed by atoms with E-state index in [4.69, 9.17) is 10.1 Å². The molecule has 0 spiro atoms. The van der Waals surface area contributed by atoms with Crippen LogP contribution in [0.1, 0.15) is 72.5 Å². The zero-order valence-corrected chi connectivity index (χ0v) is 64.8. The van der Waals surface area contributed by atoms with Crippen LogP contribution in [-0.4, -0.2) is 289 Å². The molecule has 0 aliphatic rings. The zero-order chi connectivity index (χ0) is 78.1. The standard InChI is InChI=1S/C20H33N5O2.C19H29N5O3.C17H25FN4O2.C16H25N5O4S/c1-13(19(26)18(24(5)6)20(27)21-2)10-17-22-15-11-14(12-23(3)4)8-9-16(15)25(17)7;1-11(17(25)16(23(3)4)18(26)20-2)9-15-21-13-8-7-12(10-14(13)22-15)19(27)24(5)6;1-10(16(23)15(22(3)4)17(24)19-2)7-14-20-12-6-5-11(9-18)8-13(12)21-14;1-9(15(22)14(21(3)4)16(23)18-2)7-13-19-11-6-5-10(26(17,24)25)8-12(11)20-13/h8-9,11,13,18-19,26H,10,12H2,1-7H3,(H,21,27);7-8,10-11,16-17,25H,9H2,1-6H3,(H,20,26)(H,21,22);5-6,8,10,15-16,23H,7,9H2,1-4H3,(H,19,24)(H,20,21);5-6,8-9,14-15,22H,7H2,1-4H3,(H,18,23)(H,19,20)(H2,17,24,25)/t13-,18-,19-;11-,16-,17-;10-,15-,16-;9-,14-,15-/m1111/s1. The molecule has 0 saturated carbocycles. The van der Waals surface area contributed by atoms with E-state index in [0.717, 1.165) is 45.5 Å². The summed E-state index contributed by atoms with van der Waals surface area (Å²) in [6, 6.07) is 18.7. The van der Waals surface area contributed by atoms with Gasteiger partial charge in [0, 0.05) is 87.1 Å². The quantitative estimate of drug-likeness (QED) is 0.0319. The van der Waals surface area contributed by atoms with Gasteiger partial charge in [-0.3, -0.25) is 43.6 Å². The van der Waals surface area contributed by atoms with E-state index in [-0.39, 0.29) is 58.1 Å². The summed E-state index contributed by atoms with van der Waals surface area (Å²) in [5, 5.41) is 58.1. The van der Waals surface area contributed by atoms with Crippen LogP contribution in [0.4, 0.5) is 4.39 Å². The maximum Gasteiger partial charge on any atom is 0.253 e. The van der Waals surface area contributed by atoms with E-state index >= 15 is 0 Å². The van der Waals surface area contributed by atoms with Crippen molar-refractivity contribution in [3.63, 3.8) is 0 Å². The number of nitrogens with two attached hydrogens (primary N) is 1. The third-order valence-corrected chi connectivity index (χ3v) is 19.2. The third kappa shape index (κ3) is 22.8. The van der Waals surface area contributed by atoms with Gasteiger partial charge in [0.1, 0.15) is 54.1 Å². The first kappa shape index (κ1) is 86.2. The molecule has 8 aromatic rings. The largest absolute Gasteiger partial charge is 0.391 e. The van der Waals surface area contributed by atoms with Gasteiger partial charge in [0.15, 0.2) is 0 Å². The molecule has 0 saturated heterocycles. The van der Waals surface area contributed by atoms with E-state index in [0.29, 0.717) is 65.3 Å². The number of carbonyl (C=O) groups excluding carboxylic acids is 5. The summed E-state index contributed by atoms with van der Waals surface area (Å²) >= 11 is 0. The van der Waals surface area contributed by atoms with Crippen LogP contribution in [0.25, 0.3) is 44.1 Å². The maximum atomic E-state index is 12.7. The van der Waals surface area contributed by atoms with Crippen molar-refractivity contribution < 1.29 is 57.2 Å². The van der Waals surface area contributed by atoms with Gasteiger partial charge in [0.05, 0.1) is 73.4 Å². The minimum absolute atomic E-state index is 0.000530. The minimum Gasteiger partial charge on any atom is -0.391 e. The van der Waals surface area contributed by atoms with Crippen LogP contribution in [0, 0.1) is 23.7 Å². The number of fused-ring (bicyclic) bond motifs is 4. The van der Waals surface area contributed by atoms with Crippen LogP contribution in [0.5, 0.6) is 0 Å². The Morgan fingerprint density at radius 3 is 1.20 bits per heavy atom. The van der Waals surface area contributed by atoms with Crippen LogP contribution in [0.15, 0.2) is 77.7 Å². The van der Waals surface area contributed by atoms with E-state index in [1.807, 2.05) is 48.8 Å². The van der Waals surface area contributed by atoms with Crippen LogP contribution in [-0.2, 0) is 75.2 Å². The summed E-state index contributed by atoms with van der Waals surface area (Å²) in [6.45, 7) is 7.90. The molecule has 104 heavy (non-hydrogen) atoms. The SMILES string of the molecule is CNC(=O)[C@@H]([C@H](O)[C@H](C)Cc1nc2cc(CN(C)C)ccc2n1C)N(C)C.CNC(=O)[C@@H]([C@H](O)[C@H](C)Cc1nc2ccc(C(=O)N(C)C)cc2[nH]1)N(C)C.CNC(=O)[C@@H]([C@H](O)[C@H](C)Cc1nc2ccc(CF)cc2[nH]1)N(C)C.CNC(=O)[C@@H]([C@H](O)[C@H](C)Cc1nc2ccc(S(N)(=O)=O)cc2[nH]1)N(C)C. The highest BCUT2D eigenvalue weighted by Gasteiger charge is 2.37. The van der Waals surface area contributed by atoms with E-state index in [1.165, 1.54) is 29.6 Å². The number of H-pyrrole nitrogens is 3. The van der Waals surface area contributed by atoms with Gasteiger partial charge < -0.3 is 71.0 Å². The first-order valence-electron chi connectivity index (χ1n) is 34.3. The van der Waals surface area contributed by atoms with Crippen LogP contribution >= 0.6 is 0 Å². The number of aliphatic hydroxyl groups is 4. The maximum absolute atomic E-state index is 12.7. The van der Waals surface area contributed by atoms with E-state index in [9.17, 15) is 57.2 Å². The monoisotopic (exact) mass is 1470 g/mol. The second kappa shape index (κ2) is 38.6. The number of halogens is 1. The average molecular weight is 1470 g/mol. The van der Waals surface area contributed by atoms with Crippen LogP contribution in [0.3, 0.4) is 0 Å². The summed E-state index contributed by atoms with van der Waals surface area (Å²) in [5.41, 5.74) is 8.66. The number of primary sulfonamides is 1. The fourth-order valence-electron chi connectivity index (χ4n) is 12.4. The molecule has 4 aromatic heterocycles. The van der Waals surface area contributed by atoms with Crippen LogP contribution in [0.2, 0.25) is 0 Å². The van der Waals surface area contributed by atoms with Gasteiger partial charge in [-0.2, -0.15) is 0 Å². The fourth-order valence-corrected chi connectivity index (χ4v) is 12.9. The smallest absolute Gasteiger partial charge is 0.253 e. The second-order valence-corrected chi connectivity index (χ2v) is 29.7. The summed E-state index contributed by atoms with van der Waals surface area (Å²) in [4.78, 5) is 98.5. The molecule has 13 N–H and O–H groups in total. The normalized spacial score (nSPS) is 15.3. The summed E-state index contributed by atoms with van der Waals surface area (Å²) < 4.78 is 37.7. The first-order valence-corrected chi connectivity index (χ1v) is 35.8. The van der Waals surface area contributed by atoms with Crippen molar-refractivity contribution in [3.05, 3.63) is 113 Å². The number of sulfonamides is 1. The molecular weight excluding hydrogens is 1360 g/mol. The Balaban J connectivity index is 0.000000249. The Bertz CT molecular complexity index is 4270. The van der Waals surface area contributed by atoms with E-state index < -0.39 is 65.3 Å². The topological polar surface area (TPSA) is 398 Å². The molecule has 32 heteroatoms. The second-order valence-electron chi connectivity index (χ2n) is 28.1. The number of nitrogens with one attached hydrogen (secondary N) is 7. The van der Waals surface area contributed by atoms with Crippen molar-refractivity contribution in [2.24, 2.45) is 35.9 Å². The molecule has 8 rings (SSSR count). The molecule has 574 valence electrons. The van der Waals surface area contributed by atoms with Gasteiger partial charge in [-0.05, 0) is 166 Å². The number of benzene rings is 4. The van der Waals surface area contributed by atoms with Crippen molar-refractivity contribution in [1.29, 1.82) is 0 Å². The number of hydrogen-bond donors (Lipinski definition) is 12. The molecular formula is C72H112FN19O11S. The number of imidazole rings is 4. The summed E-state index contributed by atoms with van der Waals surface area (Å²) in [5.74, 6) is 1.18. The average Bonchev–Trinajstić information content (AvgIpc) is 1.66. The number of amides is 5. The molecule has 4 aromatic carbocycles. The van der Waals surface area contributed by atoms with Crippen LogP contribution < -0.4 is 26.4 Å². The number of likely N-dealkylation sites (N-methyl/N-ethyl adjacent to an activating group) is 8. The van der Waals surface area contributed by atoms with Gasteiger partial charge in [-0.25, -0.2) is 37.9 Å². The van der Waals surface area contributed by atoms with Crippen molar-refractivity contribution in [1.82, 2.24) is 90.1 Å². The highest BCUT2D eigenvalue weighted by Crippen LogP contribution is 2.26. The lowest BCUT2D eigenvalue weighted by atomic mass is 9.93. The number of carbonyl (C=O) groups is 5. The Labute approximate surface area is 609 Å². The number of aliphatic hydroxyl groups excluding tert-OH is 4. The minimum atomic E-state index is -3.79. The molecule has 0 aliphatic carbocycles. The van der Waals surface area contributed by atoms with Crippen molar-refractivity contribution in [3.8, 4) is 0 Å². The summed E-state index contributed by atoms with van der Waals surface area (Å²) in [6.07, 6.45) is -1.43. The Morgan fingerprint density at radius 2 is 0.846 bits per heavy atom. The number of alkyl halides is 1. The highest BCUT2D eigenvalue weighted by molar-refractivity contribution is 7.89. The highest BCUT2D eigenvalue weighted by atomic mass is 32.2. The molecule has 5 amide bonds. The van der Waals surface area contributed by atoms with Gasteiger partial charge >= 0.3 is 0 Å². The molecule has 0 unspecified atom stereocenters. The lowest BCUT2D eigenvalue weighted by Gasteiger charge is -2.31. The van der Waals surface area contributed by atoms with Gasteiger partial charge in [0.25, 0.3) is 5.91 Å². The van der Waals surface area contributed by atoms with Gasteiger partial charge in [0.2, 0.25) is 33.7 Å². The van der Waals surface area contributed by atoms with E-state index in [1.54, 1.807) is 154 Å². The molecule has 12 atom stereocenters. The number of aromatic nitrogens is 8. The molecule has 0 fully saturated rings. The number of rotatable bonds is 29. The number of aromatic amines is 3. The third-order valence-electron chi connectivity index (χ3n) is 18.3. The van der Waals surface area contributed by atoms with Crippen molar-refractivity contribution in [2.75, 3.05) is 113 Å². The fraction of sp³-hybridized carbons (Fsp3) is 0.542. The predicted octanol–water partition coefficient (Wildman–Crippen LogP) is 2.01. The Kier molecular flexibility index (Phi) is 32.0.